The van der Waals surface area contributed by atoms with Crippen LogP contribution in [0, 0.1) is 11.8 Å². The molecule has 0 N–H and O–H groups in total. The van der Waals surface area contributed by atoms with Crippen LogP contribution in [-0.4, -0.2) is 17.4 Å². The van der Waals surface area contributed by atoms with E-state index in [1.807, 2.05) is 24.3 Å². The summed E-state index contributed by atoms with van der Waals surface area (Å²) in [6.07, 6.45) is 0.890. The van der Waals surface area contributed by atoms with Gasteiger partial charge in [-0.3, -0.25) is 4.79 Å². The molecule has 1 amide bonds. The predicted molar refractivity (Wildman–Crippen MR) is 83.9 cm³/mol. The van der Waals surface area contributed by atoms with Crippen LogP contribution in [-0.2, 0) is 17.8 Å². The summed E-state index contributed by atoms with van der Waals surface area (Å²) in [5.41, 5.74) is 3.29. The third-order valence-electron chi connectivity index (χ3n) is 3.56. The predicted octanol–water partition coefficient (Wildman–Crippen LogP) is 3.28. The van der Waals surface area contributed by atoms with Gasteiger partial charge < -0.3 is 4.90 Å². The number of hydrogen-bond acceptors (Lipinski definition) is 1. The molecule has 1 aliphatic rings. The first-order valence-electron chi connectivity index (χ1n) is 6.85. The number of amides is 1. The molecule has 0 spiro atoms. The number of rotatable bonds is 0. The van der Waals surface area contributed by atoms with E-state index in [9.17, 15) is 4.79 Å². The molecule has 1 aliphatic heterocycles. The van der Waals surface area contributed by atoms with Gasteiger partial charge in [0.2, 0.25) is 0 Å². The Kier molecular flexibility index (Phi) is 3.94. The van der Waals surface area contributed by atoms with Crippen LogP contribution in [0.4, 0.5) is 0 Å². The summed E-state index contributed by atoms with van der Waals surface area (Å²) in [6.45, 7) is 1.36. The van der Waals surface area contributed by atoms with Gasteiger partial charge >= 0.3 is 0 Å². The third kappa shape index (κ3) is 3.26. The lowest BCUT2D eigenvalue weighted by molar-refractivity contribution is -0.125. The van der Waals surface area contributed by atoms with Gasteiger partial charge in [-0.05, 0) is 35.7 Å². The van der Waals surface area contributed by atoms with Crippen LogP contribution in [0.3, 0.4) is 0 Å². The van der Waals surface area contributed by atoms with Crippen molar-refractivity contribution in [2.24, 2.45) is 0 Å². The number of halogens is 1. The Hall–Kier alpha value is -2.24. The van der Waals surface area contributed by atoms with Crippen molar-refractivity contribution >= 4 is 17.5 Å². The van der Waals surface area contributed by atoms with Crippen LogP contribution < -0.4 is 0 Å². The SMILES string of the molecule is O=C(C#Cc1cccc(Cl)c1)N1CCc2ccccc2C1. The van der Waals surface area contributed by atoms with Crippen LogP contribution in [0.5, 0.6) is 0 Å². The van der Waals surface area contributed by atoms with E-state index >= 15 is 0 Å². The summed E-state index contributed by atoms with van der Waals surface area (Å²) < 4.78 is 0. The smallest absolute Gasteiger partial charge is 0.299 e. The topological polar surface area (TPSA) is 20.3 Å². The van der Waals surface area contributed by atoms with Gasteiger partial charge in [-0.2, -0.15) is 0 Å². The minimum atomic E-state index is -0.135. The van der Waals surface area contributed by atoms with Crippen molar-refractivity contribution in [2.75, 3.05) is 6.54 Å². The molecule has 2 aromatic carbocycles. The highest BCUT2D eigenvalue weighted by molar-refractivity contribution is 6.30. The molecule has 1 heterocycles. The maximum absolute atomic E-state index is 12.2. The highest BCUT2D eigenvalue weighted by atomic mass is 35.5. The molecule has 0 bridgehead atoms. The molecule has 0 saturated carbocycles. The molecule has 3 rings (SSSR count). The number of carbonyl (C=O) groups excluding carboxylic acids is 1. The molecule has 0 atom stereocenters. The van der Waals surface area contributed by atoms with Crippen molar-refractivity contribution in [3.8, 4) is 11.8 Å². The van der Waals surface area contributed by atoms with E-state index in [4.69, 9.17) is 11.6 Å². The van der Waals surface area contributed by atoms with E-state index in [1.54, 1.807) is 17.0 Å². The zero-order valence-electron chi connectivity index (χ0n) is 11.5. The first-order chi connectivity index (χ1) is 10.2. The third-order valence-corrected chi connectivity index (χ3v) is 3.79. The van der Waals surface area contributed by atoms with E-state index in [0.29, 0.717) is 11.6 Å². The maximum atomic E-state index is 12.2. The molecular weight excluding hydrogens is 282 g/mol. The highest BCUT2D eigenvalue weighted by Gasteiger charge is 2.18. The first kappa shape index (κ1) is 13.7. The summed E-state index contributed by atoms with van der Waals surface area (Å²) in [4.78, 5) is 14.0. The minimum absolute atomic E-state index is 0.135. The second-order valence-corrected chi connectivity index (χ2v) is 5.44. The van der Waals surface area contributed by atoms with E-state index < -0.39 is 0 Å². The zero-order chi connectivity index (χ0) is 14.7. The lowest BCUT2D eigenvalue weighted by Gasteiger charge is -2.27. The lowest BCUT2D eigenvalue weighted by atomic mass is 10.00. The van der Waals surface area contributed by atoms with Gasteiger partial charge in [-0.1, -0.05) is 47.9 Å². The van der Waals surface area contributed by atoms with Gasteiger partial charge in [-0.25, -0.2) is 0 Å². The van der Waals surface area contributed by atoms with Gasteiger partial charge in [0.1, 0.15) is 0 Å². The molecule has 2 aromatic rings. The quantitative estimate of drug-likeness (QED) is 0.683. The van der Waals surface area contributed by atoms with Crippen LogP contribution in [0.25, 0.3) is 0 Å². The lowest BCUT2D eigenvalue weighted by Crippen LogP contribution is -2.35. The minimum Gasteiger partial charge on any atom is -0.327 e. The van der Waals surface area contributed by atoms with Crippen molar-refractivity contribution in [1.82, 2.24) is 4.90 Å². The molecule has 0 aromatic heterocycles. The Balaban J connectivity index is 1.73. The fraction of sp³-hybridized carbons (Fsp3) is 0.167. The van der Waals surface area contributed by atoms with Crippen LogP contribution in [0.2, 0.25) is 5.02 Å². The van der Waals surface area contributed by atoms with Crippen LogP contribution in [0.1, 0.15) is 16.7 Å². The van der Waals surface area contributed by atoms with E-state index in [1.165, 1.54) is 11.1 Å². The average molecular weight is 296 g/mol. The normalized spacial score (nSPS) is 13.1. The molecule has 21 heavy (non-hydrogen) atoms. The van der Waals surface area contributed by atoms with E-state index in [-0.39, 0.29) is 5.91 Å². The Morgan fingerprint density at radius 1 is 1.10 bits per heavy atom. The Labute approximate surface area is 129 Å². The number of hydrogen-bond donors (Lipinski definition) is 0. The summed E-state index contributed by atoms with van der Waals surface area (Å²) in [6, 6.07) is 15.4. The zero-order valence-corrected chi connectivity index (χ0v) is 12.2. The van der Waals surface area contributed by atoms with Crippen LogP contribution in [0.15, 0.2) is 48.5 Å². The van der Waals surface area contributed by atoms with Crippen molar-refractivity contribution in [1.29, 1.82) is 0 Å². The number of carbonyl (C=O) groups is 1. The molecule has 2 nitrogen and oxygen atoms in total. The number of fused-ring (bicyclic) bond motifs is 1. The summed E-state index contributed by atoms with van der Waals surface area (Å²) in [5.74, 6) is 5.45. The highest BCUT2D eigenvalue weighted by Crippen LogP contribution is 2.18. The van der Waals surface area contributed by atoms with E-state index in [0.717, 1.165) is 18.5 Å². The Morgan fingerprint density at radius 2 is 1.90 bits per heavy atom. The summed E-state index contributed by atoms with van der Waals surface area (Å²) in [5, 5.41) is 0.626. The molecule has 3 heteroatoms. The fourth-order valence-corrected chi connectivity index (χ4v) is 2.63. The molecule has 0 aliphatic carbocycles. The molecule has 0 saturated heterocycles. The first-order valence-corrected chi connectivity index (χ1v) is 7.23. The van der Waals surface area contributed by atoms with E-state index in [2.05, 4.69) is 24.0 Å². The molecule has 104 valence electrons. The second-order valence-electron chi connectivity index (χ2n) is 5.01. The van der Waals surface area contributed by atoms with Gasteiger partial charge in [-0.15, -0.1) is 0 Å². The van der Waals surface area contributed by atoms with Gasteiger partial charge in [0.25, 0.3) is 5.91 Å². The Bertz CT molecular complexity index is 742. The average Bonchev–Trinajstić information content (AvgIpc) is 2.52. The molecular formula is C18H14ClNO. The van der Waals surface area contributed by atoms with Crippen LogP contribution >= 0.6 is 11.6 Å². The van der Waals surface area contributed by atoms with Crippen molar-refractivity contribution in [3.63, 3.8) is 0 Å². The largest absolute Gasteiger partial charge is 0.327 e. The van der Waals surface area contributed by atoms with Gasteiger partial charge in [0.15, 0.2) is 0 Å². The van der Waals surface area contributed by atoms with Crippen molar-refractivity contribution < 1.29 is 4.79 Å². The van der Waals surface area contributed by atoms with Crippen molar-refractivity contribution in [2.45, 2.75) is 13.0 Å². The monoisotopic (exact) mass is 295 g/mol. The number of nitrogens with zero attached hydrogens (tertiary/aromatic N) is 1. The molecule has 0 radical (unpaired) electrons. The standard InChI is InChI=1S/C18H14ClNO/c19-17-7-3-4-14(12-17)8-9-18(21)20-11-10-15-5-1-2-6-16(15)13-20/h1-7,12H,10-11,13H2. The summed E-state index contributed by atoms with van der Waals surface area (Å²) in [7, 11) is 0. The molecule has 0 fully saturated rings. The number of benzene rings is 2. The molecule has 0 unspecified atom stereocenters. The summed E-state index contributed by atoms with van der Waals surface area (Å²) >= 11 is 5.90. The Morgan fingerprint density at radius 3 is 2.71 bits per heavy atom. The van der Waals surface area contributed by atoms with Gasteiger partial charge in [0, 0.05) is 29.6 Å². The fourth-order valence-electron chi connectivity index (χ4n) is 2.44. The second kappa shape index (κ2) is 6.03. The van der Waals surface area contributed by atoms with Crippen molar-refractivity contribution in [3.05, 3.63) is 70.2 Å². The van der Waals surface area contributed by atoms with Gasteiger partial charge in [0.05, 0.1) is 0 Å². The maximum Gasteiger partial charge on any atom is 0.299 e.